The first-order valence-corrected chi connectivity index (χ1v) is 10.6. The molecule has 0 spiro atoms. The molecule has 9 heteroatoms. The summed E-state index contributed by atoms with van der Waals surface area (Å²) in [5, 5.41) is 3.64. The molecule has 5 rings (SSSR count). The van der Waals surface area contributed by atoms with E-state index in [4.69, 9.17) is 4.42 Å². The van der Waals surface area contributed by atoms with Gasteiger partial charge in [0.15, 0.2) is 5.58 Å². The average Bonchev–Trinajstić information content (AvgIpc) is 3.29. The van der Waals surface area contributed by atoms with Gasteiger partial charge in [0.25, 0.3) is 5.91 Å². The molecule has 0 radical (unpaired) electrons. The Morgan fingerprint density at radius 2 is 1.88 bits per heavy atom. The number of rotatable bonds is 5. The first kappa shape index (κ1) is 21.7. The van der Waals surface area contributed by atoms with Crippen molar-refractivity contribution in [1.82, 2.24) is 15.3 Å². The van der Waals surface area contributed by atoms with Gasteiger partial charge in [-0.3, -0.25) is 19.5 Å². The number of pyridine rings is 2. The predicted molar refractivity (Wildman–Crippen MR) is 120 cm³/mol. The van der Waals surface area contributed by atoms with Crippen molar-refractivity contribution in [3.63, 3.8) is 0 Å². The molecule has 0 saturated carbocycles. The van der Waals surface area contributed by atoms with Gasteiger partial charge >= 0.3 is 0 Å². The number of amides is 2. The molecule has 1 aromatic carbocycles. The fourth-order valence-corrected chi connectivity index (χ4v) is 4.13. The van der Waals surface area contributed by atoms with Crippen LogP contribution in [0.3, 0.4) is 0 Å². The molecule has 1 N–H and O–H groups in total. The summed E-state index contributed by atoms with van der Waals surface area (Å²) in [5.74, 6) is -1.33. The third kappa shape index (κ3) is 3.79. The van der Waals surface area contributed by atoms with Crippen LogP contribution < -0.4 is 10.2 Å². The molecule has 0 fully saturated rings. The third-order valence-electron chi connectivity index (χ3n) is 5.88. The minimum atomic E-state index is -0.897. The molecule has 4 heterocycles. The van der Waals surface area contributed by atoms with E-state index in [0.29, 0.717) is 22.7 Å². The lowest BCUT2D eigenvalue weighted by atomic mass is 9.87. The summed E-state index contributed by atoms with van der Waals surface area (Å²) in [6.07, 6.45) is 3.25. The van der Waals surface area contributed by atoms with Gasteiger partial charge in [0.2, 0.25) is 5.91 Å². The second kappa shape index (κ2) is 8.02. The van der Waals surface area contributed by atoms with Gasteiger partial charge in [-0.05, 0) is 49.7 Å². The van der Waals surface area contributed by atoms with Crippen LogP contribution in [0.2, 0.25) is 0 Å². The van der Waals surface area contributed by atoms with Crippen molar-refractivity contribution in [2.75, 3.05) is 4.90 Å². The number of halogens is 2. The van der Waals surface area contributed by atoms with Crippen LogP contribution in [0.15, 0.2) is 59.3 Å². The summed E-state index contributed by atoms with van der Waals surface area (Å²) in [6.45, 7) is 3.56. The van der Waals surface area contributed by atoms with Crippen molar-refractivity contribution < 1.29 is 22.8 Å². The maximum absolute atomic E-state index is 13.7. The van der Waals surface area contributed by atoms with E-state index in [1.807, 2.05) is 12.1 Å². The first-order valence-electron chi connectivity index (χ1n) is 10.6. The van der Waals surface area contributed by atoms with E-state index in [1.54, 1.807) is 38.4 Å². The number of anilines is 1. The molecule has 0 unspecified atom stereocenters. The molecule has 0 aliphatic carbocycles. The number of aromatic nitrogens is 2. The smallest absolute Gasteiger partial charge is 0.270 e. The van der Waals surface area contributed by atoms with Crippen LogP contribution in [-0.2, 0) is 23.3 Å². The van der Waals surface area contributed by atoms with Crippen molar-refractivity contribution >= 4 is 28.6 Å². The highest BCUT2D eigenvalue weighted by atomic mass is 19.1. The normalized spacial score (nSPS) is 14.5. The molecule has 1 aliphatic heterocycles. The van der Waals surface area contributed by atoms with E-state index in [-0.39, 0.29) is 30.3 Å². The Balaban J connectivity index is 1.40. The molecule has 3 aromatic heterocycles. The highest BCUT2D eigenvalue weighted by Crippen LogP contribution is 2.41. The number of carbonyl (C=O) groups excluding carboxylic acids is 2. The monoisotopic (exact) mass is 462 g/mol. The average molecular weight is 462 g/mol. The number of hydrogen-bond acceptors (Lipinski definition) is 5. The van der Waals surface area contributed by atoms with Gasteiger partial charge in [-0.15, -0.1) is 0 Å². The molecule has 34 heavy (non-hydrogen) atoms. The highest BCUT2D eigenvalue weighted by Gasteiger charge is 2.45. The maximum Gasteiger partial charge on any atom is 0.270 e. The molecular formula is C25H20F2N4O3. The SMILES string of the molecule is CC1(C)C(=O)N(Cc2cc(F)cc(F)c2)c2nc(C(=O)NCc3cc4ccncc4o3)ccc21. The number of furan rings is 1. The van der Waals surface area contributed by atoms with Gasteiger partial charge < -0.3 is 9.73 Å². The second-order valence-corrected chi connectivity index (χ2v) is 8.67. The van der Waals surface area contributed by atoms with E-state index in [2.05, 4.69) is 15.3 Å². The number of benzene rings is 1. The van der Waals surface area contributed by atoms with Crippen LogP contribution in [0.4, 0.5) is 14.6 Å². The maximum atomic E-state index is 13.7. The molecule has 1 aliphatic rings. The Morgan fingerprint density at radius 3 is 2.62 bits per heavy atom. The quantitative estimate of drug-likeness (QED) is 0.479. The van der Waals surface area contributed by atoms with Crippen LogP contribution >= 0.6 is 0 Å². The molecule has 4 aromatic rings. The van der Waals surface area contributed by atoms with Crippen molar-refractivity contribution in [2.24, 2.45) is 0 Å². The van der Waals surface area contributed by atoms with Gasteiger partial charge in [-0.25, -0.2) is 13.8 Å². The Morgan fingerprint density at radius 1 is 1.12 bits per heavy atom. The summed E-state index contributed by atoms with van der Waals surface area (Å²) in [7, 11) is 0. The van der Waals surface area contributed by atoms with Gasteiger partial charge in [-0.1, -0.05) is 6.07 Å². The van der Waals surface area contributed by atoms with E-state index in [0.717, 1.165) is 11.5 Å². The van der Waals surface area contributed by atoms with Gasteiger partial charge in [0, 0.05) is 23.2 Å². The van der Waals surface area contributed by atoms with E-state index in [1.165, 1.54) is 17.0 Å². The number of nitrogens with one attached hydrogen (secondary N) is 1. The summed E-state index contributed by atoms with van der Waals surface area (Å²) in [4.78, 5) is 35.7. The third-order valence-corrected chi connectivity index (χ3v) is 5.88. The Labute approximate surface area is 193 Å². The Bertz CT molecular complexity index is 1390. The zero-order valence-corrected chi connectivity index (χ0v) is 18.4. The summed E-state index contributed by atoms with van der Waals surface area (Å²) >= 11 is 0. The zero-order chi connectivity index (χ0) is 24.0. The number of fused-ring (bicyclic) bond motifs is 2. The number of nitrogens with zero attached hydrogens (tertiary/aromatic N) is 3. The lowest BCUT2D eigenvalue weighted by molar-refractivity contribution is -0.122. The minimum absolute atomic E-state index is 0.0744. The van der Waals surface area contributed by atoms with Crippen LogP contribution in [0, 0.1) is 11.6 Å². The molecule has 2 amide bonds. The molecular weight excluding hydrogens is 442 g/mol. The van der Waals surface area contributed by atoms with Crippen LogP contribution in [0.1, 0.15) is 41.2 Å². The van der Waals surface area contributed by atoms with Gasteiger partial charge in [0.1, 0.15) is 28.9 Å². The summed E-state index contributed by atoms with van der Waals surface area (Å²) in [5.41, 5.74) is 0.747. The number of hydrogen-bond donors (Lipinski definition) is 1. The lowest BCUT2D eigenvalue weighted by Gasteiger charge is -2.20. The molecule has 7 nitrogen and oxygen atoms in total. The van der Waals surface area contributed by atoms with Crippen LogP contribution in [-0.4, -0.2) is 21.8 Å². The lowest BCUT2D eigenvalue weighted by Crippen LogP contribution is -2.36. The minimum Gasteiger partial charge on any atom is -0.458 e. The molecule has 0 saturated heterocycles. The van der Waals surface area contributed by atoms with Crippen molar-refractivity contribution in [3.05, 3.63) is 89.1 Å². The largest absolute Gasteiger partial charge is 0.458 e. The standard InChI is InChI=1S/C25H20F2N4O3/c1-25(2)19-3-4-20(23(32)29-11-18-9-15-5-6-28-12-21(15)34-18)30-22(19)31(24(25)33)13-14-7-16(26)10-17(27)8-14/h3-10,12H,11,13H2,1-2H3,(H,29,32). The summed E-state index contributed by atoms with van der Waals surface area (Å²) < 4.78 is 33.0. The zero-order valence-electron chi connectivity index (χ0n) is 18.4. The topological polar surface area (TPSA) is 88.3 Å². The highest BCUT2D eigenvalue weighted by molar-refractivity contribution is 6.07. The van der Waals surface area contributed by atoms with Gasteiger partial charge in [0.05, 0.1) is 24.7 Å². The van der Waals surface area contributed by atoms with Crippen molar-refractivity contribution in [1.29, 1.82) is 0 Å². The van der Waals surface area contributed by atoms with Gasteiger partial charge in [-0.2, -0.15) is 0 Å². The van der Waals surface area contributed by atoms with Crippen LogP contribution in [0.25, 0.3) is 11.0 Å². The Kier molecular flexibility index (Phi) is 5.11. The fraction of sp³-hybridized carbons (Fsp3) is 0.200. The van der Waals surface area contributed by atoms with E-state index in [9.17, 15) is 18.4 Å². The van der Waals surface area contributed by atoms with E-state index >= 15 is 0 Å². The first-order chi connectivity index (χ1) is 16.2. The fourth-order valence-electron chi connectivity index (χ4n) is 4.13. The van der Waals surface area contributed by atoms with E-state index < -0.39 is 23.0 Å². The Hall–Kier alpha value is -4.14. The van der Waals surface area contributed by atoms with Crippen molar-refractivity contribution in [2.45, 2.75) is 32.4 Å². The number of carbonyl (C=O) groups is 2. The van der Waals surface area contributed by atoms with Crippen LogP contribution in [0.5, 0.6) is 0 Å². The molecule has 0 atom stereocenters. The molecule has 172 valence electrons. The molecule has 0 bridgehead atoms. The summed E-state index contributed by atoms with van der Waals surface area (Å²) in [6, 6.07) is 9.97. The second-order valence-electron chi connectivity index (χ2n) is 8.67. The van der Waals surface area contributed by atoms with Crippen molar-refractivity contribution in [3.8, 4) is 0 Å². The predicted octanol–water partition coefficient (Wildman–Crippen LogP) is 4.26.